The van der Waals surface area contributed by atoms with E-state index >= 15 is 4.39 Å². The van der Waals surface area contributed by atoms with Crippen molar-refractivity contribution in [3.8, 4) is 0 Å². The first kappa shape index (κ1) is 37.2. The Morgan fingerprint density at radius 3 is 2.48 bits per heavy atom. The number of carbonyl (C=O) groups is 4. The van der Waals surface area contributed by atoms with Crippen molar-refractivity contribution in [2.75, 3.05) is 19.8 Å². The maximum Gasteiger partial charge on any atom is 0.323 e. The molecule has 1 saturated heterocycles. The van der Waals surface area contributed by atoms with Crippen molar-refractivity contribution in [3.05, 3.63) is 44.0 Å². The van der Waals surface area contributed by atoms with E-state index in [0.717, 1.165) is 0 Å². The fourth-order valence-electron chi connectivity index (χ4n) is 9.04. The number of alkyl halides is 1. The van der Waals surface area contributed by atoms with Crippen LogP contribution in [0, 0.1) is 42.9 Å². The number of aliphatic hydroxyl groups excluding tert-OH is 1. The number of rotatable bonds is 13. The molecule has 0 spiro atoms. The number of aliphatic hydroxyl groups is 1. The Kier molecular flexibility index (Phi) is 9.61. The molecule has 4 aliphatic carbocycles. The molecule has 4 fully saturated rings. The zero-order valence-electron chi connectivity index (χ0n) is 27.9. The number of allylic oxidation sites excluding steroid dienone is 4. The van der Waals surface area contributed by atoms with E-state index in [0.29, 0.717) is 18.4 Å². The minimum atomic E-state index is -2.16. The van der Waals surface area contributed by atoms with Gasteiger partial charge in [0.2, 0.25) is 5.78 Å². The van der Waals surface area contributed by atoms with Gasteiger partial charge >= 0.3 is 11.9 Å². The van der Waals surface area contributed by atoms with E-state index in [2.05, 4.69) is 9.68 Å². The number of fused-ring (bicyclic) bond motifs is 7. The van der Waals surface area contributed by atoms with Gasteiger partial charge in [-0.3, -0.25) is 19.2 Å². The van der Waals surface area contributed by atoms with Gasteiger partial charge in [-0.25, -0.2) is 4.39 Å². The van der Waals surface area contributed by atoms with Gasteiger partial charge in [0.25, 0.3) is 10.2 Å². The van der Waals surface area contributed by atoms with Crippen molar-refractivity contribution in [2.24, 2.45) is 28.4 Å². The molecule has 3 N–H and O–H groups in total. The van der Waals surface area contributed by atoms with Crippen molar-refractivity contribution in [2.45, 2.75) is 101 Å². The first-order chi connectivity index (χ1) is 23.2. The number of esters is 2. The van der Waals surface area contributed by atoms with Crippen LogP contribution in [0.2, 0.25) is 0 Å². The summed E-state index contributed by atoms with van der Waals surface area (Å²) in [5.74, 6) is -5.78. The van der Waals surface area contributed by atoms with E-state index < -0.39 is 118 Å². The van der Waals surface area contributed by atoms with E-state index in [9.17, 15) is 44.5 Å². The Morgan fingerprint density at radius 1 is 1.12 bits per heavy atom. The molecule has 5 aliphatic rings. The third-order valence-corrected chi connectivity index (χ3v) is 11.1. The molecule has 50 heavy (non-hydrogen) atoms. The summed E-state index contributed by atoms with van der Waals surface area (Å²) in [6, 6.07) is -1.66. The minimum Gasteiger partial charge on any atom is -0.462 e. The molecular formula is C31H40FN3O15. The normalized spacial score (nSPS) is 37.5. The van der Waals surface area contributed by atoms with Crippen molar-refractivity contribution in [1.82, 2.24) is 0 Å². The van der Waals surface area contributed by atoms with Crippen molar-refractivity contribution >= 4 is 23.5 Å². The molecule has 1 aliphatic heterocycles. The van der Waals surface area contributed by atoms with Gasteiger partial charge in [0.05, 0.1) is 18.6 Å². The maximum absolute atomic E-state index is 17.6. The summed E-state index contributed by atoms with van der Waals surface area (Å²) in [6.07, 6.45) is 0.100. The monoisotopic (exact) mass is 713 g/mol. The van der Waals surface area contributed by atoms with Crippen LogP contribution in [0.15, 0.2) is 23.8 Å². The molecule has 0 aromatic heterocycles. The summed E-state index contributed by atoms with van der Waals surface area (Å²) in [5.41, 5.74) is -0.0124. The molecule has 5 rings (SSSR count). The fourth-order valence-corrected chi connectivity index (χ4v) is 9.04. The highest BCUT2D eigenvalue weighted by Gasteiger charge is 2.80. The van der Waals surface area contributed by atoms with Crippen LogP contribution in [0.4, 0.5) is 4.39 Å². The van der Waals surface area contributed by atoms with Gasteiger partial charge < -0.3 is 39.5 Å². The van der Waals surface area contributed by atoms with Gasteiger partial charge in [-0.05, 0) is 64.5 Å². The third-order valence-electron chi connectivity index (χ3n) is 11.1. The zero-order chi connectivity index (χ0) is 37.0. The number of ether oxygens (including phenoxy) is 4. The van der Waals surface area contributed by atoms with E-state index in [4.69, 9.17) is 24.7 Å². The van der Waals surface area contributed by atoms with Gasteiger partial charge in [-0.2, -0.15) is 0 Å². The second-order valence-electron chi connectivity index (χ2n) is 14.3. The molecule has 0 bridgehead atoms. The average Bonchev–Trinajstić information content (AvgIpc) is 3.43. The predicted molar refractivity (Wildman–Crippen MR) is 161 cm³/mol. The Balaban J connectivity index is 1.28. The molecular weight excluding hydrogens is 673 g/mol. The molecule has 4 unspecified atom stereocenters. The summed E-state index contributed by atoms with van der Waals surface area (Å²) in [5, 5.41) is 30.2. The lowest BCUT2D eigenvalue weighted by atomic mass is 9.44. The molecule has 0 amide bonds. The van der Waals surface area contributed by atoms with E-state index in [1.165, 1.54) is 18.2 Å². The molecule has 3 saturated carbocycles. The number of carbonyl (C=O) groups excluding carboxylic acids is 4. The van der Waals surface area contributed by atoms with Gasteiger partial charge in [0.15, 0.2) is 35.6 Å². The first-order valence-corrected chi connectivity index (χ1v) is 16.1. The highest BCUT2D eigenvalue weighted by Crippen LogP contribution is 2.72. The average molecular weight is 714 g/mol. The van der Waals surface area contributed by atoms with Crippen LogP contribution >= 0.6 is 0 Å². The summed E-state index contributed by atoms with van der Waals surface area (Å²) in [7, 11) is 0. The van der Waals surface area contributed by atoms with Crippen LogP contribution in [0.25, 0.3) is 0 Å². The Bertz CT molecular complexity index is 1540. The summed E-state index contributed by atoms with van der Waals surface area (Å²) in [4.78, 5) is 80.6. The van der Waals surface area contributed by atoms with Crippen molar-refractivity contribution in [3.63, 3.8) is 0 Å². The van der Waals surface area contributed by atoms with Crippen molar-refractivity contribution in [1.29, 1.82) is 0 Å². The lowest BCUT2D eigenvalue weighted by Gasteiger charge is -2.62. The van der Waals surface area contributed by atoms with Crippen LogP contribution < -0.4 is 5.73 Å². The Morgan fingerprint density at radius 2 is 1.82 bits per heavy atom. The minimum absolute atomic E-state index is 0.199. The largest absolute Gasteiger partial charge is 0.462 e. The molecule has 18 nitrogen and oxygen atoms in total. The van der Waals surface area contributed by atoms with Crippen LogP contribution in [0.3, 0.4) is 0 Å². The number of halogens is 1. The van der Waals surface area contributed by atoms with Crippen LogP contribution in [0.1, 0.15) is 59.8 Å². The molecule has 0 aromatic carbocycles. The number of Topliss-reactive ketones (excluding diaryl/α,β-unsaturated/α-hetero) is 1. The molecule has 1 heterocycles. The summed E-state index contributed by atoms with van der Waals surface area (Å²) < 4.78 is 40.2. The zero-order valence-corrected chi connectivity index (χ0v) is 27.9. The quantitative estimate of drug-likeness (QED) is 0.153. The van der Waals surface area contributed by atoms with E-state index in [1.807, 2.05) is 0 Å². The number of hydrogen-bond donors (Lipinski definition) is 2. The van der Waals surface area contributed by atoms with E-state index in [-0.39, 0.29) is 18.6 Å². The Labute approximate surface area is 284 Å². The SMILES string of the molecule is CC1(C)O[C@@H]2CC3C4CCC5=CC(=O)C=C[C@]5(C)[C@@]4(F)[C@@H](O)C[C@]3(C)[C@]2(C(=O)COC(=O)CC(N)C(=O)OCC(CO[N+](=O)[O-])O[N+](=O)[O-])O1. The highest BCUT2D eigenvalue weighted by atomic mass is 19.1. The predicted octanol–water partition coefficient (Wildman–Crippen LogP) is 1.02. The van der Waals surface area contributed by atoms with Gasteiger partial charge in [0.1, 0.15) is 19.3 Å². The van der Waals surface area contributed by atoms with Gasteiger partial charge in [0, 0.05) is 16.7 Å². The van der Waals surface area contributed by atoms with Crippen LogP contribution in [-0.2, 0) is 47.8 Å². The smallest absolute Gasteiger partial charge is 0.323 e. The molecule has 0 aromatic rings. The second-order valence-corrected chi connectivity index (χ2v) is 14.3. The first-order valence-electron chi connectivity index (χ1n) is 16.1. The lowest BCUT2D eigenvalue weighted by Crippen LogP contribution is -2.70. The number of nitrogens with zero attached hydrogens (tertiary/aromatic N) is 2. The van der Waals surface area contributed by atoms with Crippen molar-refractivity contribution < 1.29 is 67.5 Å². The standard InChI is InChI=1S/C31H40FN3O15/c1-27(2)48-24-10-20-19-6-5-16-9-17(36)7-8-28(16,3)30(19,32)22(37)12-29(20,4)31(24,50-27)23(38)15-45-25(39)11-21(33)26(40)46-13-18(49-35(43)44)14-47-34(41)42/h7-9,18-22,24,37H,5-6,10-15,33H2,1-4H3/t18?,19?,20?,21?,22-,24+,28-,29-,30-,31+/m0/s1. The third kappa shape index (κ3) is 6.02. The summed E-state index contributed by atoms with van der Waals surface area (Å²) in [6.45, 7) is 4.00. The highest BCUT2D eigenvalue weighted by molar-refractivity contribution is 6.01. The van der Waals surface area contributed by atoms with Crippen LogP contribution in [0.5, 0.6) is 0 Å². The molecule has 0 radical (unpaired) electrons. The second kappa shape index (κ2) is 12.9. The molecule has 10 atom stereocenters. The van der Waals surface area contributed by atoms with E-state index in [1.54, 1.807) is 27.7 Å². The number of nitrogens with two attached hydrogens (primary N) is 1. The lowest BCUT2D eigenvalue weighted by molar-refractivity contribution is -0.790. The molecule has 276 valence electrons. The molecule has 19 heteroatoms. The van der Waals surface area contributed by atoms with Crippen LogP contribution in [-0.4, -0.2) is 100 Å². The topological polar surface area (TPSA) is 256 Å². The van der Waals surface area contributed by atoms with Gasteiger partial charge in [-0.15, -0.1) is 20.2 Å². The maximum atomic E-state index is 17.6. The fraction of sp³-hybridized carbons (Fsp3) is 0.742. The number of hydrogen-bond acceptors (Lipinski definition) is 16. The van der Waals surface area contributed by atoms with Gasteiger partial charge in [-0.1, -0.05) is 18.6 Å². The number of ketones is 2. The summed E-state index contributed by atoms with van der Waals surface area (Å²) >= 11 is 0. The Hall–Kier alpha value is -4.07.